The number of rotatable bonds is 4. The highest BCUT2D eigenvalue weighted by molar-refractivity contribution is 7.99. The van der Waals surface area contributed by atoms with Gasteiger partial charge in [-0.1, -0.05) is 24.3 Å². The Kier molecular flexibility index (Phi) is 4.45. The van der Waals surface area contributed by atoms with E-state index >= 15 is 0 Å². The molecule has 4 heteroatoms. The van der Waals surface area contributed by atoms with E-state index in [0.717, 1.165) is 29.1 Å². The van der Waals surface area contributed by atoms with Crippen LogP contribution in [0.3, 0.4) is 0 Å². The zero-order chi connectivity index (χ0) is 12.1. The minimum Gasteiger partial charge on any atom is -0.392 e. The van der Waals surface area contributed by atoms with Gasteiger partial charge < -0.3 is 10.4 Å². The number of amides is 1. The highest BCUT2D eigenvalue weighted by atomic mass is 32.2. The highest BCUT2D eigenvalue weighted by Crippen LogP contribution is 2.23. The maximum Gasteiger partial charge on any atom is 0.224 e. The van der Waals surface area contributed by atoms with Gasteiger partial charge in [-0.05, 0) is 23.3 Å². The van der Waals surface area contributed by atoms with E-state index in [2.05, 4.69) is 5.32 Å². The first-order valence-corrected chi connectivity index (χ1v) is 6.99. The van der Waals surface area contributed by atoms with Gasteiger partial charge in [-0.3, -0.25) is 4.79 Å². The van der Waals surface area contributed by atoms with Crippen molar-refractivity contribution in [2.75, 3.05) is 11.5 Å². The SMILES string of the molecule is O=C(NCc1cccc(CO)c1)C1CCSC1. The predicted molar refractivity (Wildman–Crippen MR) is 69.6 cm³/mol. The Hall–Kier alpha value is -1.00. The number of carbonyl (C=O) groups excluding carboxylic acids is 1. The van der Waals surface area contributed by atoms with E-state index in [1.807, 2.05) is 36.0 Å². The van der Waals surface area contributed by atoms with Crippen molar-refractivity contribution in [2.45, 2.75) is 19.6 Å². The molecule has 1 unspecified atom stereocenters. The molecule has 1 aliphatic heterocycles. The lowest BCUT2D eigenvalue weighted by atomic mass is 10.1. The van der Waals surface area contributed by atoms with Crippen LogP contribution in [0.5, 0.6) is 0 Å². The largest absolute Gasteiger partial charge is 0.392 e. The minimum absolute atomic E-state index is 0.0427. The molecule has 1 heterocycles. The Balaban J connectivity index is 1.86. The van der Waals surface area contributed by atoms with Gasteiger partial charge in [0.1, 0.15) is 0 Å². The average Bonchev–Trinajstić information content (AvgIpc) is 2.90. The molecule has 0 bridgehead atoms. The number of carbonyl (C=O) groups is 1. The van der Waals surface area contributed by atoms with Crippen LogP contribution < -0.4 is 5.32 Å². The number of nitrogens with one attached hydrogen (secondary N) is 1. The Morgan fingerprint density at radius 3 is 3.00 bits per heavy atom. The molecule has 0 spiro atoms. The number of aliphatic hydroxyl groups is 1. The number of hydrogen-bond acceptors (Lipinski definition) is 3. The molecule has 1 aromatic rings. The first kappa shape index (κ1) is 12.5. The van der Waals surface area contributed by atoms with E-state index in [-0.39, 0.29) is 18.4 Å². The molecule has 3 nitrogen and oxygen atoms in total. The van der Waals surface area contributed by atoms with Gasteiger partial charge in [0.2, 0.25) is 5.91 Å². The average molecular weight is 251 g/mol. The molecule has 17 heavy (non-hydrogen) atoms. The van der Waals surface area contributed by atoms with Crippen LogP contribution in [0.4, 0.5) is 0 Å². The Morgan fingerprint density at radius 2 is 2.29 bits per heavy atom. The standard InChI is InChI=1S/C13H17NO2S/c15-8-11-3-1-2-10(6-11)7-14-13(16)12-4-5-17-9-12/h1-3,6,12,15H,4-5,7-9H2,(H,14,16). The fraction of sp³-hybridized carbons (Fsp3) is 0.462. The molecule has 2 rings (SSSR count). The predicted octanol–water partition coefficient (Wildman–Crippen LogP) is 1.55. The minimum atomic E-state index is 0.0427. The lowest BCUT2D eigenvalue weighted by Crippen LogP contribution is -2.30. The molecule has 1 aliphatic rings. The fourth-order valence-corrected chi connectivity index (χ4v) is 3.13. The molecule has 1 amide bonds. The van der Waals surface area contributed by atoms with Crippen LogP contribution in [0, 0.1) is 5.92 Å². The lowest BCUT2D eigenvalue weighted by Gasteiger charge is -2.10. The van der Waals surface area contributed by atoms with Gasteiger partial charge in [0.05, 0.1) is 6.61 Å². The van der Waals surface area contributed by atoms with Crippen LogP contribution in [0.1, 0.15) is 17.5 Å². The summed E-state index contributed by atoms with van der Waals surface area (Å²) in [7, 11) is 0. The van der Waals surface area contributed by atoms with E-state index in [9.17, 15) is 4.79 Å². The van der Waals surface area contributed by atoms with E-state index in [1.165, 1.54) is 0 Å². The summed E-state index contributed by atoms with van der Waals surface area (Å²) in [6, 6.07) is 7.66. The first-order valence-electron chi connectivity index (χ1n) is 5.83. The van der Waals surface area contributed by atoms with E-state index in [0.29, 0.717) is 6.54 Å². The zero-order valence-corrected chi connectivity index (χ0v) is 10.5. The van der Waals surface area contributed by atoms with E-state index in [4.69, 9.17) is 5.11 Å². The van der Waals surface area contributed by atoms with Crippen molar-refractivity contribution in [3.63, 3.8) is 0 Å². The van der Waals surface area contributed by atoms with Crippen molar-refractivity contribution in [3.05, 3.63) is 35.4 Å². The molecule has 0 radical (unpaired) electrons. The molecule has 1 fully saturated rings. The normalized spacial score (nSPS) is 19.2. The first-order chi connectivity index (χ1) is 8.29. The molecule has 2 N–H and O–H groups in total. The molecular formula is C13H17NO2S. The lowest BCUT2D eigenvalue weighted by molar-refractivity contribution is -0.124. The maximum atomic E-state index is 11.8. The van der Waals surface area contributed by atoms with E-state index < -0.39 is 0 Å². The van der Waals surface area contributed by atoms with Gasteiger partial charge in [0.15, 0.2) is 0 Å². The van der Waals surface area contributed by atoms with Crippen LogP contribution in [-0.2, 0) is 17.9 Å². The summed E-state index contributed by atoms with van der Waals surface area (Å²) >= 11 is 1.84. The van der Waals surface area contributed by atoms with Crippen LogP contribution in [0.25, 0.3) is 0 Å². The topological polar surface area (TPSA) is 49.3 Å². The third-order valence-electron chi connectivity index (χ3n) is 2.94. The Bertz CT molecular complexity index is 389. The summed E-state index contributed by atoms with van der Waals surface area (Å²) in [6.07, 6.45) is 0.993. The second kappa shape index (κ2) is 6.07. The van der Waals surface area contributed by atoms with Crippen LogP contribution in [0.2, 0.25) is 0 Å². The number of hydrogen-bond donors (Lipinski definition) is 2. The number of thioether (sulfide) groups is 1. The summed E-state index contributed by atoms with van der Waals surface area (Å²) < 4.78 is 0. The van der Waals surface area contributed by atoms with Crippen LogP contribution in [0.15, 0.2) is 24.3 Å². The van der Waals surface area contributed by atoms with Crippen molar-refractivity contribution in [1.29, 1.82) is 0 Å². The Morgan fingerprint density at radius 1 is 1.47 bits per heavy atom. The second-order valence-electron chi connectivity index (χ2n) is 4.26. The van der Waals surface area contributed by atoms with Crippen LogP contribution in [-0.4, -0.2) is 22.5 Å². The van der Waals surface area contributed by atoms with Gasteiger partial charge in [0, 0.05) is 18.2 Å². The van der Waals surface area contributed by atoms with Crippen molar-refractivity contribution < 1.29 is 9.90 Å². The van der Waals surface area contributed by atoms with Gasteiger partial charge >= 0.3 is 0 Å². The van der Waals surface area contributed by atoms with Gasteiger partial charge in [-0.25, -0.2) is 0 Å². The molecular weight excluding hydrogens is 234 g/mol. The molecule has 0 aliphatic carbocycles. The highest BCUT2D eigenvalue weighted by Gasteiger charge is 2.22. The molecule has 0 saturated carbocycles. The van der Waals surface area contributed by atoms with Crippen molar-refractivity contribution in [3.8, 4) is 0 Å². The second-order valence-corrected chi connectivity index (χ2v) is 5.41. The third kappa shape index (κ3) is 3.48. The smallest absolute Gasteiger partial charge is 0.224 e. The van der Waals surface area contributed by atoms with Gasteiger partial charge in [0.25, 0.3) is 0 Å². The number of aliphatic hydroxyl groups excluding tert-OH is 1. The molecule has 1 saturated heterocycles. The van der Waals surface area contributed by atoms with Crippen molar-refractivity contribution in [2.24, 2.45) is 5.92 Å². The van der Waals surface area contributed by atoms with Crippen molar-refractivity contribution in [1.82, 2.24) is 5.32 Å². The molecule has 0 aromatic heterocycles. The molecule has 92 valence electrons. The summed E-state index contributed by atoms with van der Waals surface area (Å²) in [6.45, 7) is 0.592. The maximum absolute atomic E-state index is 11.8. The number of benzene rings is 1. The fourth-order valence-electron chi connectivity index (χ4n) is 1.91. The summed E-state index contributed by atoms with van der Waals surface area (Å²) in [5, 5.41) is 12.0. The molecule has 1 atom stereocenters. The van der Waals surface area contributed by atoms with Crippen LogP contribution >= 0.6 is 11.8 Å². The Labute approximate surface area is 106 Å². The monoisotopic (exact) mass is 251 g/mol. The van der Waals surface area contributed by atoms with Gasteiger partial charge in [-0.2, -0.15) is 11.8 Å². The summed E-state index contributed by atoms with van der Waals surface area (Å²) in [5.74, 6) is 2.38. The molecule has 1 aromatic carbocycles. The summed E-state index contributed by atoms with van der Waals surface area (Å²) in [4.78, 5) is 11.8. The summed E-state index contributed by atoms with van der Waals surface area (Å²) in [5.41, 5.74) is 1.92. The van der Waals surface area contributed by atoms with Crippen molar-refractivity contribution >= 4 is 17.7 Å². The third-order valence-corrected chi connectivity index (χ3v) is 4.10. The quantitative estimate of drug-likeness (QED) is 0.853. The zero-order valence-electron chi connectivity index (χ0n) is 9.69. The van der Waals surface area contributed by atoms with E-state index in [1.54, 1.807) is 0 Å². The van der Waals surface area contributed by atoms with Gasteiger partial charge in [-0.15, -0.1) is 0 Å².